The molecule has 18 rings (SSSR count). The van der Waals surface area contributed by atoms with E-state index in [1.807, 2.05) is 33.0 Å². The molecule has 4 aromatic rings. The Kier molecular flexibility index (Phi) is 13.7. The van der Waals surface area contributed by atoms with Gasteiger partial charge in [-0.3, -0.25) is 9.59 Å². The number of aromatic hydroxyl groups is 2. The molecule has 12 heterocycles. The predicted molar refractivity (Wildman–Crippen MR) is 317 cm³/mol. The molecule has 2 aliphatic carbocycles. The summed E-state index contributed by atoms with van der Waals surface area (Å²) in [6.45, 7) is 5.51. The minimum atomic E-state index is -1.82. The number of nitrogens with two attached hydrogens (primary N) is 1. The first kappa shape index (κ1) is 60.2. The number of epoxide rings is 2. The average Bonchev–Trinajstić information content (AvgIpc) is 1.48. The summed E-state index contributed by atoms with van der Waals surface area (Å²) in [5.74, 6) is -3.90. The van der Waals surface area contributed by atoms with Gasteiger partial charge in [-0.1, -0.05) is 0 Å². The molecular formula is C67H78N2O24. The number of phenols is 2. The van der Waals surface area contributed by atoms with Crippen molar-refractivity contribution in [3.63, 3.8) is 0 Å². The zero-order valence-corrected chi connectivity index (χ0v) is 52.9. The van der Waals surface area contributed by atoms with Gasteiger partial charge >= 0.3 is 0 Å². The molecule has 26 heteroatoms. The number of methoxy groups -OCH3 is 4. The Morgan fingerprint density at radius 1 is 0.591 bits per heavy atom. The summed E-state index contributed by atoms with van der Waals surface area (Å²) < 4.78 is 135. The van der Waals surface area contributed by atoms with Crippen molar-refractivity contribution in [1.29, 1.82) is 0 Å². The van der Waals surface area contributed by atoms with Gasteiger partial charge in [0.25, 0.3) is 11.6 Å². The lowest BCUT2D eigenvalue weighted by Crippen LogP contribution is -2.67. The highest BCUT2D eigenvalue weighted by molar-refractivity contribution is 6.13. The van der Waals surface area contributed by atoms with E-state index in [4.69, 9.17) is 100 Å². The van der Waals surface area contributed by atoms with Gasteiger partial charge in [0.05, 0.1) is 126 Å². The van der Waals surface area contributed by atoms with Gasteiger partial charge in [0.2, 0.25) is 0 Å². The average molecular weight is 1300 g/mol. The minimum absolute atomic E-state index is 0.000965. The molecule has 0 aromatic heterocycles. The van der Waals surface area contributed by atoms with Gasteiger partial charge < -0.3 is 116 Å². The minimum Gasteiger partial charge on any atom is -0.506 e. The Morgan fingerprint density at radius 3 is 1.66 bits per heavy atom. The number of nitrogens with one attached hydrogen (secondary N) is 1. The molecule has 0 radical (unpaired) electrons. The third kappa shape index (κ3) is 7.81. The van der Waals surface area contributed by atoms with Crippen molar-refractivity contribution in [3.05, 3.63) is 56.6 Å². The highest BCUT2D eigenvalue weighted by Crippen LogP contribution is 2.72. The molecule has 10 saturated heterocycles. The van der Waals surface area contributed by atoms with Crippen molar-refractivity contribution < 1.29 is 115 Å². The maximum absolute atomic E-state index is 15.2. The van der Waals surface area contributed by atoms with Gasteiger partial charge in [-0.2, -0.15) is 0 Å². The van der Waals surface area contributed by atoms with Gasteiger partial charge in [0, 0.05) is 78.8 Å². The fraction of sp³-hybridized carbons (Fsp3) is 0.672. The Labute approximate surface area is 534 Å². The molecule has 14 aliphatic rings. The van der Waals surface area contributed by atoms with Crippen LogP contribution in [0.15, 0.2) is 12.1 Å². The van der Waals surface area contributed by atoms with Crippen molar-refractivity contribution in [2.45, 2.75) is 173 Å². The first-order chi connectivity index (χ1) is 45.1. The van der Waals surface area contributed by atoms with E-state index in [0.717, 1.165) is 11.1 Å². The molecule has 93 heavy (non-hydrogen) atoms. The van der Waals surface area contributed by atoms with Crippen LogP contribution in [-0.4, -0.2) is 219 Å². The number of Topliss-reactive ketones (excluding diaryl/α,β-unsaturated/α-hetero) is 2. The zero-order chi connectivity index (χ0) is 63.6. The second-order valence-corrected chi connectivity index (χ2v) is 27.7. The number of carbonyl (C=O) groups excluding carboxylic acids is 2. The van der Waals surface area contributed by atoms with Crippen LogP contribution in [0.5, 0.6) is 34.5 Å². The summed E-state index contributed by atoms with van der Waals surface area (Å²) in [5, 5.41) is 30.2. The standard InChI is InChI=1S/C67H78N2O24/c1-28-14-33-48(50(72)46-32(52(33)76-6)10-8-11-38(46)70)54-44(28)57-59-67(90-54,89-43-19-41(75-5)37(69-3)23-81-43)65(27-87-65)63(93-59,25-85-57)61-82-20-31(21-83-61)30-16-35-47(39(71)17-30)51(73)49-34(53(35)77-7)15-29(2)45-55(49)91-66(88-42-18-40(74-4)36(68)22-80-42)58-56(45)84-24-62(92-58,64(66)26-86-64)60-78-12-9-13-79-60/h14-15,30-31,36-37,40-43,56-61,69,72-73H,8-13,16-27,68H2,1-7H3/t30?,31?,36?,37?,40?,41?,42?,43?,56?,57?,58?,59?,61?,62?,63?,64-,65-,66-,67-/m1/s1. The lowest BCUT2D eigenvalue weighted by atomic mass is 9.74. The number of benzene rings is 4. The summed E-state index contributed by atoms with van der Waals surface area (Å²) in [7, 11) is 8.21. The Morgan fingerprint density at radius 2 is 1.12 bits per heavy atom. The Bertz CT molecular complexity index is 3810. The molecule has 0 amide bonds. The highest BCUT2D eigenvalue weighted by Gasteiger charge is 2.92. The van der Waals surface area contributed by atoms with E-state index >= 15 is 4.79 Å². The van der Waals surface area contributed by atoms with Crippen molar-refractivity contribution in [2.75, 3.05) is 102 Å². The lowest BCUT2D eigenvalue weighted by molar-refractivity contribution is -0.345. The van der Waals surface area contributed by atoms with Gasteiger partial charge in [-0.15, -0.1) is 0 Å². The number of hydrogen-bond acceptors (Lipinski definition) is 26. The second-order valence-electron chi connectivity index (χ2n) is 27.7. The van der Waals surface area contributed by atoms with Gasteiger partial charge in [-0.05, 0) is 75.8 Å². The van der Waals surface area contributed by atoms with Crippen LogP contribution in [0.2, 0.25) is 0 Å². The number of likely N-dealkylation sites (N-methyl/N-ethyl adjacent to an activating group) is 1. The van der Waals surface area contributed by atoms with Gasteiger partial charge in [-0.25, -0.2) is 0 Å². The van der Waals surface area contributed by atoms with Crippen LogP contribution >= 0.6 is 0 Å². The van der Waals surface area contributed by atoms with Crippen LogP contribution in [0, 0.1) is 25.7 Å². The summed E-state index contributed by atoms with van der Waals surface area (Å²) in [6.07, 6.45) is -5.07. The summed E-state index contributed by atoms with van der Waals surface area (Å²) >= 11 is 0. The SMILES string of the molecule is CNC1COC(O[C@@]23Oc4c(c(C)cc5c(OC)c6c(c(O)c45)C(=O)CCC6)C4OCC(C5OCC(C6CC(=O)c7c(c(OC)c8cc(C)c9c(c8c7O)O[C@]7(OC8CC(OC)C(N)CO8)C8OC(C%10OCCCO%10)(COC98)[C@]78CO8)C6)CO5)(OC42)[C@]32CO2)CC1OC. The van der Waals surface area contributed by atoms with Crippen LogP contribution in [0.1, 0.15) is 105 Å². The van der Waals surface area contributed by atoms with Crippen molar-refractivity contribution in [1.82, 2.24) is 5.32 Å². The fourth-order valence-electron chi connectivity index (χ4n) is 18.5. The molecule has 4 bridgehead atoms. The molecule has 500 valence electrons. The smallest absolute Gasteiger partial charge is 0.276 e. The maximum atomic E-state index is 15.2. The third-order valence-electron chi connectivity index (χ3n) is 23.2. The Hall–Kier alpha value is -5.18. The summed E-state index contributed by atoms with van der Waals surface area (Å²) in [4.78, 5) is 28.9. The van der Waals surface area contributed by atoms with E-state index in [9.17, 15) is 15.0 Å². The Balaban J connectivity index is 0.674. The molecule has 2 spiro atoms. The van der Waals surface area contributed by atoms with E-state index in [-0.39, 0.29) is 153 Å². The van der Waals surface area contributed by atoms with Crippen LogP contribution in [0.4, 0.5) is 0 Å². The van der Waals surface area contributed by atoms with Gasteiger partial charge in [0.1, 0.15) is 46.7 Å². The molecule has 13 unspecified atom stereocenters. The van der Waals surface area contributed by atoms with Crippen LogP contribution in [0.25, 0.3) is 21.5 Å². The number of hydrogen-bond donors (Lipinski definition) is 4. The number of rotatable bonds is 12. The lowest BCUT2D eigenvalue weighted by Gasteiger charge is -2.47. The summed E-state index contributed by atoms with van der Waals surface area (Å²) in [6, 6.07) is 3.33. The fourth-order valence-corrected chi connectivity index (χ4v) is 18.5. The number of carbonyl (C=O) groups is 2. The molecule has 26 nitrogen and oxygen atoms in total. The number of ketones is 2. The monoisotopic (exact) mass is 1290 g/mol. The number of ether oxygens (including phenoxy) is 20. The normalized spacial score (nSPS) is 41.7. The first-order valence-electron chi connectivity index (χ1n) is 32.7. The van der Waals surface area contributed by atoms with E-state index in [1.54, 1.807) is 28.4 Å². The van der Waals surface area contributed by atoms with E-state index in [1.165, 1.54) is 0 Å². The zero-order valence-electron chi connectivity index (χ0n) is 52.9. The van der Waals surface area contributed by atoms with Crippen molar-refractivity contribution in [2.24, 2.45) is 17.6 Å². The number of phenolic OH excluding ortho intramolecular Hbond substituents is 2. The number of fused-ring (bicyclic) bond motifs is 16. The van der Waals surface area contributed by atoms with Crippen LogP contribution < -0.4 is 30.0 Å². The molecule has 5 N–H and O–H groups in total. The largest absolute Gasteiger partial charge is 0.506 e. The first-order valence-corrected chi connectivity index (χ1v) is 32.7. The maximum Gasteiger partial charge on any atom is 0.276 e. The number of aryl methyl sites for hydroxylation is 2. The van der Waals surface area contributed by atoms with E-state index in [2.05, 4.69) is 5.32 Å². The quantitative estimate of drug-likeness (QED) is 0.143. The predicted octanol–water partition coefficient (Wildman–Crippen LogP) is 4.36. The second kappa shape index (κ2) is 21.2. The van der Waals surface area contributed by atoms with Crippen LogP contribution in [0.3, 0.4) is 0 Å². The van der Waals surface area contributed by atoms with Gasteiger partial charge in [0.15, 0.2) is 71.3 Å². The molecule has 10 fully saturated rings. The van der Waals surface area contributed by atoms with E-state index < -0.39 is 95.7 Å². The molecule has 12 aliphatic heterocycles. The molecule has 0 saturated carbocycles. The van der Waals surface area contributed by atoms with Crippen molar-refractivity contribution >= 4 is 33.1 Å². The third-order valence-corrected chi connectivity index (χ3v) is 23.2. The van der Waals surface area contributed by atoms with Crippen molar-refractivity contribution in [3.8, 4) is 34.5 Å². The molecule has 4 aromatic carbocycles. The van der Waals surface area contributed by atoms with E-state index in [0.29, 0.717) is 89.8 Å². The highest BCUT2D eigenvalue weighted by atomic mass is 16.9. The topological polar surface area (TPSA) is 304 Å². The molecular weight excluding hydrogens is 1220 g/mol. The van der Waals surface area contributed by atoms with Crippen LogP contribution in [-0.2, 0) is 88.6 Å². The summed E-state index contributed by atoms with van der Waals surface area (Å²) in [5.41, 5.74) is 5.05. The molecule has 17 atom stereocenters.